The number of carbonyl (C=O) groups excluding carboxylic acids is 1. The van der Waals surface area contributed by atoms with Crippen LogP contribution in [0.5, 0.6) is 11.5 Å². The van der Waals surface area contributed by atoms with Crippen molar-refractivity contribution in [2.24, 2.45) is 0 Å². The first-order valence-corrected chi connectivity index (χ1v) is 12.0. The van der Waals surface area contributed by atoms with Crippen molar-refractivity contribution >= 4 is 5.78 Å². The maximum atomic E-state index is 13.4. The van der Waals surface area contributed by atoms with Crippen LogP contribution < -0.4 is 4.74 Å². The highest BCUT2D eigenvalue weighted by molar-refractivity contribution is 5.94. The summed E-state index contributed by atoms with van der Waals surface area (Å²) in [5.74, 6) is 0.783. The van der Waals surface area contributed by atoms with Crippen LogP contribution in [0.1, 0.15) is 49.8 Å². The monoisotopic (exact) mass is 433 g/mol. The minimum absolute atomic E-state index is 0.132. The van der Waals surface area contributed by atoms with E-state index in [-0.39, 0.29) is 17.6 Å². The second-order valence-corrected chi connectivity index (χ2v) is 9.98. The van der Waals surface area contributed by atoms with Crippen LogP contribution in [0.2, 0.25) is 0 Å². The van der Waals surface area contributed by atoms with E-state index in [1.807, 2.05) is 13.0 Å². The second kappa shape index (κ2) is 6.82. The molecule has 2 heterocycles. The number of hydrogen-bond acceptors (Lipinski definition) is 5. The summed E-state index contributed by atoms with van der Waals surface area (Å²) < 4.78 is 13.2. The minimum atomic E-state index is -0.999. The van der Waals surface area contributed by atoms with Crippen LogP contribution in [-0.2, 0) is 27.8 Å². The Morgan fingerprint density at radius 3 is 2.78 bits per heavy atom. The van der Waals surface area contributed by atoms with Gasteiger partial charge in [0.05, 0.1) is 11.0 Å². The van der Waals surface area contributed by atoms with E-state index in [0.717, 1.165) is 37.9 Å². The van der Waals surface area contributed by atoms with Gasteiger partial charge in [0.15, 0.2) is 22.9 Å². The third-order valence-corrected chi connectivity index (χ3v) is 8.85. The summed E-state index contributed by atoms with van der Waals surface area (Å²) in [5, 5.41) is 10.7. The third kappa shape index (κ3) is 2.28. The molecule has 6 rings (SSSR count). The normalized spacial score (nSPS) is 34.8. The molecule has 0 radical (unpaired) electrons. The summed E-state index contributed by atoms with van der Waals surface area (Å²) >= 11 is 0. The van der Waals surface area contributed by atoms with E-state index in [4.69, 9.17) is 9.47 Å². The van der Waals surface area contributed by atoms with E-state index < -0.39 is 16.6 Å². The van der Waals surface area contributed by atoms with Gasteiger partial charge in [-0.15, -0.1) is 0 Å². The summed E-state index contributed by atoms with van der Waals surface area (Å²) in [6.45, 7) is 6.46. The number of aromatic hydroxyl groups is 1. The molecule has 2 bridgehead atoms. The van der Waals surface area contributed by atoms with Crippen molar-refractivity contribution in [3.8, 4) is 11.5 Å². The number of hydrogen-bond donors (Lipinski definition) is 1. The average Bonchev–Trinajstić information content (AvgIpc) is 3.08. The van der Waals surface area contributed by atoms with Gasteiger partial charge in [-0.3, -0.25) is 9.69 Å². The van der Waals surface area contributed by atoms with Crippen molar-refractivity contribution < 1.29 is 19.4 Å². The van der Waals surface area contributed by atoms with E-state index in [1.165, 1.54) is 11.1 Å². The molecular weight excluding hydrogens is 402 g/mol. The molecule has 0 amide bonds. The van der Waals surface area contributed by atoms with Crippen molar-refractivity contribution in [2.45, 2.75) is 68.6 Å². The first-order valence-electron chi connectivity index (χ1n) is 12.0. The smallest absolute Gasteiger partial charge is 0.177 e. The molecule has 4 aliphatic rings. The molecule has 2 aromatic carbocycles. The fraction of sp³-hybridized carbons (Fsp3) is 0.519. The number of rotatable bonds is 5. The van der Waals surface area contributed by atoms with Crippen LogP contribution in [0.3, 0.4) is 0 Å². The molecule has 32 heavy (non-hydrogen) atoms. The Morgan fingerprint density at radius 2 is 2.00 bits per heavy atom. The number of Topliss-reactive ketones (excluding diaryl/α,β-unsaturated/α-hetero) is 1. The van der Waals surface area contributed by atoms with Gasteiger partial charge in [0, 0.05) is 31.2 Å². The lowest BCUT2D eigenvalue weighted by Crippen LogP contribution is -2.80. The lowest BCUT2D eigenvalue weighted by Gasteiger charge is -2.66. The fourth-order valence-electron chi connectivity index (χ4n) is 7.57. The van der Waals surface area contributed by atoms with Crippen molar-refractivity contribution in [3.63, 3.8) is 0 Å². The Labute approximate surface area is 189 Å². The molecule has 5 heteroatoms. The number of nitrogens with zero attached hydrogens (tertiary/aromatic N) is 1. The van der Waals surface area contributed by atoms with Crippen molar-refractivity contribution in [3.05, 3.63) is 59.2 Å². The average molecular weight is 434 g/mol. The summed E-state index contributed by atoms with van der Waals surface area (Å²) in [7, 11) is 0. The predicted molar refractivity (Wildman–Crippen MR) is 121 cm³/mol. The molecule has 5 nitrogen and oxygen atoms in total. The van der Waals surface area contributed by atoms with Gasteiger partial charge in [0.2, 0.25) is 0 Å². The number of ketones is 1. The Balaban J connectivity index is 1.50. The lowest BCUT2D eigenvalue weighted by atomic mass is 9.45. The number of phenols is 1. The highest BCUT2D eigenvalue weighted by Crippen LogP contribution is 2.69. The molecule has 1 saturated carbocycles. The molecule has 2 aliphatic carbocycles. The maximum Gasteiger partial charge on any atom is 0.177 e. The first kappa shape index (κ1) is 20.3. The fourth-order valence-corrected chi connectivity index (χ4v) is 7.57. The largest absolute Gasteiger partial charge is 0.504 e. The molecule has 168 valence electrons. The standard InChI is InChI=1S/C27H31NO4/c1-3-31-27-13-11-22(30)25(2)26(27)14-16-28(15-12-18-7-5-4-6-8-18)21(27)17-19-9-10-20(29)24(32-25)23(19)26/h4-10,21,29H,3,11-17H2,1-2H3/t21-,25+,26+,27-/m1/s1. The van der Waals surface area contributed by atoms with Gasteiger partial charge < -0.3 is 14.6 Å². The molecule has 2 aliphatic heterocycles. The summed E-state index contributed by atoms with van der Waals surface area (Å²) in [6.07, 6.45) is 3.80. The molecule has 0 unspecified atom stereocenters. The molecular formula is C27H31NO4. The molecule has 2 fully saturated rings. The Bertz CT molecular complexity index is 1080. The zero-order chi connectivity index (χ0) is 22.1. The van der Waals surface area contributed by atoms with Gasteiger partial charge in [0.1, 0.15) is 0 Å². The maximum absolute atomic E-state index is 13.4. The molecule has 1 N–H and O–H groups in total. The van der Waals surface area contributed by atoms with Crippen LogP contribution in [0.15, 0.2) is 42.5 Å². The van der Waals surface area contributed by atoms with Gasteiger partial charge in [-0.1, -0.05) is 36.4 Å². The summed E-state index contributed by atoms with van der Waals surface area (Å²) in [4.78, 5) is 16.0. The van der Waals surface area contributed by atoms with Crippen LogP contribution in [0.4, 0.5) is 0 Å². The van der Waals surface area contributed by atoms with E-state index in [9.17, 15) is 9.90 Å². The van der Waals surface area contributed by atoms with Gasteiger partial charge in [-0.2, -0.15) is 0 Å². The zero-order valence-electron chi connectivity index (χ0n) is 18.9. The van der Waals surface area contributed by atoms with E-state index >= 15 is 0 Å². The quantitative estimate of drug-likeness (QED) is 0.778. The lowest BCUT2D eigenvalue weighted by molar-refractivity contribution is -0.229. The zero-order valence-corrected chi connectivity index (χ0v) is 18.9. The number of piperidine rings is 1. The molecule has 1 saturated heterocycles. The minimum Gasteiger partial charge on any atom is -0.504 e. The highest BCUT2D eigenvalue weighted by Gasteiger charge is 2.78. The third-order valence-electron chi connectivity index (χ3n) is 8.85. The predicted octanol–water partition coefficient (Wildman–Crippen LogP) is 3.79. The van der Waals surface area contributed by atoms with Gasteiger partial charge >= 0.3 is 0 Å². The molecule has 0 aromatic heterocycles. The number of likely N-dealkylation sites (tertiary alicyclic amines) is 1. The molecule has 1 spiro atoms. The highest BCUT2D eigenvalue weighted by atomic mass is 16.5. The van der Waals surface area contributed by atoms with E-state index in [1.54, 1.807) is 6.07 Å². The summed E-state index contributed by atoms with van der Waals surface area (Å²) in [5.41, 5.74) is 1.53. The van der Waals surface area contributed by atoms with E-state index in [0.29, 0.717) is 25.2 Å². The van der Waals surface area contributed by atoms with Crippen LogP contribution in [-0.4, -0.2) is 52.7 Å². The van der Waals surface area contributed by atoms with Crippen LogP contribution in [0.25, 0.3) is 0 Å². The topological polar surface area (TPSA) is 59.0 Å². The van der Waals surface area contributed by atoms with Crippen LogP contribution >= 0.6 is 0 Å². The SMILES string of the molecule is CCO[C@@]12CCC(=O)[C@]3(C)Oc4c(O)ccc5c4[C@@]31CCN(CCc1ccccc1)[C@@H]2C5. The number of ether oxygens (including phenoxy) is 2. The Hall–Kier alpha value is -2.37. The Morgan fingerprint density at radius 1 is 1.19 bits per heavy atom. The molecule has 4 atom stereocenters. The van der Waals surface area contributed by atoms with Gasteiger partial charge in [-0.05, 0) is 63.3 Å². The first-order chi connectivity index (χ1) is 15.5. The summed E-state index contributed by atoms with van der Waals surface area (Å²) in [6, 6.07) is 14.6. The van der Waals surface area contributed by atoms with E-state index in [2.05, 4.69) is 42.2 Å². The Kier molecular flexibility index (Phi) is 4.31. The second-order valence-electron chi connectivity index (χ2n) is 9.98. The number of carbonyl (C=O) groups is 1. The number of phenolic OH excluding ortho intramolecular Hbond substituents is 1. The van der Waals surface area contributed by atoms with Crippen molar-refractivity contribution in [1.29, 1.82) is 0 Å². The number of benzene rings is 2. The van der Waals surface area contributed by atoms with Gasteiger partial charge in [-0.25, -0.2) is 0 Å². The molecule has 2 aromatic rings. The van der Waals surface area contributed by atoms with Gasteiger partial charge in [0.25, 0.3) is 0 Å². The van der Waals surface area contributed by atoms with Crippen molar-refractivity contribution in [1.82, 2.24) is 4.90 Å². The van der Waals surface area contributed by atoms with Crippen LogP contribution in [0, 0.1) is 0 Å². The van der Waals surface area contributed by atoms with Crippen molar-refractivity contribution in [2.75, 3.05) is 19.7 Å².